The molecule has 2 amide bonds. The Kier molecular flexibility index (Phi) is 5.65. The maximum absolute atomic E-state index is 12.7. The van der Waals surface area contributed by atoms with Crippen LogP contribution < -0.4 is 10.2 Å². The summed E-state index contributed by atoms with van der Waals surface area (Å²) in [5.41, 5.74) is 3.17. The van der Waals surface area contributed by atoms with E-state index >= 15 is 0 Å². The molecule has 3 rings (SSSR count). The van der Waals surface area contributed by atoms with Crippen molar-refractivity contribution in [3.63, 3.8) is 0 Å². The predicted octanol–water partition coefficient (Wildman–Crippen LogP) is 3.04. The normalized spacial score (nSPS) is 14.0. The van der Waals surface area contributed by atoms with Crippen LogP contribution in [0.3, 0.4) is 0 Å². The Balaban J connectivity index is 1.77. The molecule has 2 aromatic carbocycles. The van der Waals surface area contributed by atoms with Gasteiger partial charge >= 0.3 is 0 Å². The molecule has 0 saturated heterocycles. The minimum Gasteiger partial charge on any atom is -0.326 e. The van der Waals surface area contributed by atoms with Gasteiger partial charge in [0.15, 0.2) is 9.84 Å². The Morgan fingerprint density at radius 3 is 2.46 bits per heavy atom. The maximum atomic E-state index is 12.7. The third-order valence-corrected chi connectivity index (χ3v) is 5.62. The summed E-state index contributed by atoms with van der Waals surface area (Å²) in [5.74, 6) is -0.291. The lowest BCUT2D eigenvalue weighted by molar-refractivity contribution is -0.115. The van der Waals surface area contributed by atoms with Gasteiger partial charge in [-0.15, -0.1) is 0 Å². The van der Waals surface area contributed by atoms with Crippen LogP contribution >= 0.6 is 0 Å². The zero-order chi connectivity index (χ0) is 20.3. The van der Waals surface area contributed by atoms with Crippen molar-refractivity contribution in [3.05, 3.63) is 59.7 Å². The van der Waals surface area contributed by atoms with Gasteiger partial charge in [0.25, 0.3) is 5.91 Å². The van der Waals surface area contributed by atoms with Gasteiger partial charge < -0.3 is 10.2 Å². The number of nitrogens with zero attached hydrogens (tertiary/aromatic N) is 1. The highest BCUT2D eigenvalue weighted by atomic mass is 32.2. The van der Waals surface area contributed by atoms with Gasteiger partial charge in [-0.1, -0.05) is 12.1 Å². The number of carbonyl (C=O) groups excluding carboxylic acids is 2. The largest absolute Gasteiger partial charge is 0.326 e. The third kappa shape index (κ3) is 4.67. The number of rotatable bonds is 4. The number of hydrogen-bond donors (Lipinski definition) is 1. The van der Waals surface area contributed by atoms with Gasteiger partial charge in [-0.25, -0.2) is 8.42 Å². The van der Waals surface area contributed by atoms with E-state index < -0.39 is 9.84 Å². The molecule has 0 spiro atoms. The molecular weight excluding hydrogens is 376 g/mol. The van der Waals surface area contributed by atoms with Gasteiger partial charge in [0.2, 0.25) is 5.91 Å². The highest BCUT2D eigenvalue weighted by Gasteiger charge is 2.22. The van der Waals surface area contributed by atoms with Crippen LogP contribution in [0, 0.1) is 0 Å². The van der Waals surface area contributed by atoms with Crippen LogP contribution in [-0.2, 0) is 25.8 Å². The van der Waals surface area contributed by atoms with Crippen molar-refractivity contribution < 1.29 is 18.0 Å². The SMILES string of the molecule is CC(=O)Nc1ccc(C=CC(=O)N2CCCc3cc(S(C)(=O)=O)ccc32)cc1. The highest BCUT2D eigenvalue weighted by Crippen LogP contribution is 2.29. The average molecular weight is 398 g/mol. The Morgan fingerprint density at radius 1 is 1.11 bits per heavy atom. The van der Waals surface area contributed by atoms with Crippen molar-refractivity contribution in [2.75, 3.05) is 23.0 Å². The second kappa shape index (κ2) is 7.98. The van der Waals surface area contributed by atoms with E-state index in [0.717, 1.165) is 29.7 Å². The molecule has 2 aromatic rings. The first-order chi connectivity index (χ1) is 13.2. The molecule has 1 heterocycles. The molecule has 1 aliphatic rings. The summed E-state index contributed by atoms with van der Waals surface area (Å²) >= 11 is 0. The number of nitrogens with one attached hydrogen (secondary N) is 1. The Labute approximate surface area is 164 Å². The lowest BCUT2D eigenvalue weighted by atomic mass is 10.0. The molecule has 0 fully saturated rings. The molecule has 146 valence electrons. The first-order valence-corrected chi connectivity index (χ1v) is 10.8. The van der Waals surface area contributed by atoms with E-state index in [1.165, 1.54) is 19.3 Å². The zero-order valence-electron chi connectivity index (χ0n) is 15.8. The Hall–Kier alpha value is -2.93. The van der Waals surface area contributed by atoms with Crippen LogP contribution in [0.25, 0.3) is 6.08 Å². The van der Waals surface area contributed by atoms with Gasteiger partial charge in [0, 0.05) is 37.2 Å². The first-order valence-electron chi connectivity index (χ1n) is 8.94. The summed E-state index contributed by atoms with van der Waals surface area (Å²) in [4.78, 5) is 25.7. The number of fused-ring (bicyclic) bond motifs is 1. The fourth-order valence-electron chi connectivity index (χ4n) is 3.17. The average Bonchev–Trinajstić information content (AvgIpc) is 2.65. The Morgan fingerprint density at radius 2 is 1.82 bits per heavy atom. The summed E-state index contributed by atoms with van der Waals surface area (Å²) in [6, 6.07) is 12.1. The molecule has 0 radical (unpaired) electrons. The van der Waals surface area contributed by atoms with Gasteiger partial charge in [-0.2, -0.15) is 0 Å². The smallest absolute Gasteiger partial charge is 0.250 e. The van der Waals surface area contributed by atoms with E-state index in [2.05, 4.69) is 5.32 Å². The molecule has 0 aliphatic carbocycles. The molecule has 0 aromatic heterocycles. The second-order valence-corrected chi connectivity index (χ2v) is 8.81. The van der Waals surface area contributed by atoms with Crippen molar-refractivity contribution in [1.82, 2.24) is 0 Å². The van der Waals surface area contributed by atoms with E-state index in [9.17, 15) is 18.0 Å². The fourth-order valence-corrected chi connectivity index (χ4v) is 3.84. The molecule has 0 bridgehead atoms. The standard InChI is InChI=1S/C21H22N2O4S/c1-15(24)22-18-8-5-16(6-9-18)7-12-21(25)23-13-3-4-17-14-19(28(2,26)27)10-11-20(17)23/h5-12,14H,3-4,13H2,1-2H3,(H,22,24). The lowest BCUT2D eigenvalue weighted by Crippen LogP contribution is -2.34. The highest BCUT2D eigenvalue weighted by molar-refractivity contribution is 7.90. The summed E-state index contributed by atoms with van der Waals surface area (Å²) in [5, 5.41) is 2.69. The molecule has 7 heteroatoms. The molecule has 0 atom stereocenters. The van der Waals surface area contributed by atoms with Crippen LogP contribution in [0.15, 0.2) is 53.4 Å². The van der Waals surface area contributed by atoms with E-state index in [1.54, 1.807) is 41.3 Å². The van der Waals surface area contributed by atoms with Crippen LogP contribution in [-0.4, -0.2) is 33.0 Å². The van der Waals surface area contributed by atoms with Gasteiger partial charge in [0.05, 0.1) is 4.90 Å². The topological polar surface area (TPSA) is 83.6 Å². The second-order valence-electron chi connectivity index (χ2n) is 6.79. The minimum absolute atomic E-state index is 0.138. The van der Waals surface area contributed by atoms with Gasteiger partial charge in [-0.3, -0.25) is 9.59 Å². The molecule has 1 aliphatic heterocycles. The summed E-state index contributed by atoms with van der Waals surface area (Å²) in [6.07, 6.45) is 5.94. The number of benzene rings is 2. The molecule has 0 unspecified atom stereocenters. The number of carbonyl (C=O) groups is 2. The van der Waals surface area contributed by atoms with Crippen molar-refractivity contribution in [2.45, 2.75) is 24.7 Å². The number of aryl methyl sites for hydroxylation is 1. The minimum atomic E-state index is -3.28. The monoisotopic (exact) mass is 398 g/mol. The molecule has 28 heavy (non-hydrogen) atoms. The van der Waals surface area contributed by atoms with Crippen LogP contribution in [0.2, 0.25) is 0 Å². The van der Waals surface area contributed by atoms with E-state index in [-0.39, 0.29) is 16.7 Å². The van der Waals surface area contributed by atoms with Gasteiger partial charge in [-0.05, 0) is 60.4 Å². The van der Waals surface area contributed by atoms with Gasteiger partial charge in [0.1, 0.15) is 0 Å². The van der Waals surface area contributed by atoms with Crippen molar-refractivity contribution in [2.24, 2.45) is 0 Å². The van der Waals surface area contributed by atoms with Crippen LogP contribution in [0.5, 0.6) is 0 Å². The molecule has 1 N–H and O–H groups in total. The number of amides is 2. The molecule has 6 nitrogen and oxygen atoms in total. The zero-order valence-corrected chi connectivity index (χ0v) is 16.6. The van der Waals surface area contributed by atoms with Crippen LogP contribution in [0.4, 0.5) is 11.4 Å². The van der Waals surface area contributed by atoms with Crippen molar-refractivity contribution in [1.29, 1.82) is 0 Å². The Bertz CT molecular complexity index is 1040. The summed E-state index contributed by atoms with van der Waals surface area (Å²) < 4.78 is 23.5. The van der Waals surface area contributed by atoms with E-state index in [1.807, 2.05) is 12.1 Å². The molecular formula is C21H22N2O4S. The number of anilines is 2. The third-order valence-electron chi connectivity index (χ3n) is 4.51. The lowest BCUT2D eigenvalue weighted by Gasteiger charge is -2.29. The van der Waals surface area contributed by atoms with E-state index in [4.69, 9.17) is 0 Å². The molecule has 0 saturated carbocycles. The van der Waals surface area contributed by atoms with Crippen molar-refractivity contribution >= 4 is 39.1 Å². The fraction of sp³-hybridized carbons (Fsp3) is 0.238. The van der Waals surface area contributed by atoms with Crippen LogP contribution in [0.1, 0.15) is 24.5 Å². The number of sulfone groups is 1. The number of hydrogen-bond acceptors (Lipinski definition) is 4. The van der Waals surface area contributed by atoms with Crippen molar-refractivity contribution in [3.8, 4) is 0 Å². The first kappa shape index (κ1) is 19.8. The summed E-state index contributed by atoms with van der Waals surface area (Å²) in [7, 11) is -3.28. The summed E-state index contributed by atoms with van der Waals surface area (Å²) in [6.45, 7) is 2.04. The quantitative estimate of drug-likeness (QED) is 0.803. The van der Waals surface area contributed by atoms with E-state index in [0.29, 0.717) is 12.2 Å². The maximum Gasteiger partial charge on any atom is 0.250 e. The predicted molar refractivity (Wildman–Crippen MR) is 110 cm³/mol.